The predicted octanol–water partition coefficient (Wildman–Crippen LogP) is 4.37. The number of hydrogen-bond donors (Lipinski definition) is 1. The van der Waals surface area contributed by atoms with Gasteiger partial charge in [0.05, 0.1) is 6.54 Å². The zero-order valence-corrected chi connectivity index (χ0v) is 17.9. The molecule has 0 bridgehead atoms. The lowest BCUT2D eigenvalue weighted by atomic mass is 9.88. The zero-order valence-electron chi connectivity index (χ0n) is 17.9. The normalized spacial score (nSPS) is 20.2. The maximum absolute atomic E-state index is 13.3. The molecule has 2 saturated carbocycles. The van der Waals surface area contributed by atoms with Crippen molar-refractivity contribution in [3.05, 3.63) is 35.9 Å². The Morgan fingerprint density at radius 1 is 0.929 bits per heavy atom. The van der Waals surface area contributed by atoms with Crippen molar-refractivity contribution >= 4 is 5.91 Å². The average molecular weight is 386 g/mol. The molecule has 0 heterocycles. The lowest BCUT2D eigenvalue weighted by Crippen LogP contribution is -2.52. The summed E-state index contributed by atoms with van der Waals surface area (Å²) in [5, 5.41) is 3.49. The van der Waals surface area contributed by atoms with Gasteiger partial charge >= 0.3 is 0 Å². The minimum absolute atomic E-state index is 0.284. The highest BCUT2D eigenvalue weighted by atomic mass is 16.2. The molecule has 1 aromatic carbocycles. The number of nitrogens with one attached hydrogen (secondary N) is 1. The Labute approximate surface area is 171 Å². The Balaban J connectivity index is 1.59. The summed E-state index contributed by atoms with van der Waals surface area (Å²) in [5.41, 5.74) is 1.30. The highest BCUT2D eigenvalue weighted by Crippen LogP contribution is 2.30. The third-order valence-corrected chi connectivity index (χ3v) is 6.65. The van der Waals surface area contributed by atoms with Gasteiger partial charge in [-0.25, -0.2) is 0 Å². The topological polar surface area (TPSA) is 35.6 Å². The summed E-state index contributed by atoms with van der Waals surface area (Å²) in [6, 6.07) is 11.8. The van der Waals surface area contributed by atoms with Crippen molar-refractivity contribution in [1.82, 2.24) is 15.1 Å². The molecule has 0 aliphatic heterocycles. The second-order valence-corrected chi connectivity index (χ2v) is 8.91. The molecule has 1 aromatic rings. The lowest BCUT2D eigenvalue weighted by Gasteiger charge is -2.42. The van der Waals surface area contributed by atoms with Crippen molar-refractivity contribution in [2.45, 2.75) is 82.3 Å². The number of likely N-dealkylation sites (N-methyl/N-ethyl adjacent to an activating group) is 1. The maximum Gasteiger partial charge on any atom is 0.237 e. The molecule has 2 aliphatic rings. The van der Waals surface area contributed by atoms with E-state index in [1.54, 1.807) is 0 Å². The molecule has 1 amide bonds. The third kappa shape index (κ3) is 5.81. The van der Waals surface area contributed by atoms with Crippen LogP contribution in [0.25, 0.3) is 0 Å². The second-order valence-electron chi connectivity index (χ2n) is 8.91. The largest absolute Gasteiger partial charge is 0.336 e. The van der Waals surface area contributed by atoms with E-state index in [9.17, 15) is 4.79 Å². The van der Waals surface area contributed by atoms with Gasteiger partial charge in [-0.15, -0.1) is 0 Å². The molecule has 4 heteroatoms. The zero-order chi connectivity index (χ0) is 19.8. The Kier molecular flexibility index (Phi) is 8.35. The fraction of sp³-hybridized carbons (Fsp3) is 0.708. The molecule has 4 nitrogen and oxygen atoms in total. The van der Waals surface area contributed by atoms with E-state index in [-0.39, 0.29) is 6.04 Å². The molecule has 1 atom stereocenters. The number of nitrogens with zero attached hydrogens (tertiary/aromatic N) is 2. The Hall–Kier alpha value is -1.39. The monoisotopic (exact) mass is 385 g/mol. The van der Waals surface area contributed by atoms with Crippen molar-refractivity contribution in [2.24, 2.45) is 0 Å². The Morgan fingerprint density at radius 3 is 1.96 bits per heavy atom. The number of hydrogen-bond acceptors (Lipinski definition) is 3. The minimum Gasteiger partial charge on any atom is -0.336 e. The van der Waals surface area contributed by atoms with Crippen LogP contribution in [0.5, 0.6) is 0 Å². The molecular formula is C24H39N3O. The van der Waals surface area contributed by atoms with E-state index in [0.29, 0.717) is 24.5 Å². The van der Waals surface area contributed by atoms with Crippen molar-refractivity contribution in [3.63, 3.8) is 0 Å². The molecule has 1 N–H and O–H groups in total. The van der Waals surface area contributed by atoms with E-state index in [0.717, 1.165) is 6.54 Å². The molecule has 0 aromatic heterocycles. The first kappa shape index (κ1) is 21.3. The Bertz CT molecular complexity index is 559. The summed E-state index contributed by atoms with van der Waals surface area (Å²) in [5.74, 6) is 0.323. The predicted molar refractivity (Wildman–Crippen MR) is 116 cm³/mol. The van der Waals surface area contributed by atoms with E-state index >= 15 is 0 Å². The summed E-state index contributed by atoms with van der Waals surface area (Å²) >= 11 is 0. The first-order valence-corrected chi connectivity index (χ1v) is 11.4. The summed E-state index contributed by atoms with van der Waals surface area (Å²) < 4.78 is 0. The average Bonchev–Trinajstić information content (AvgIpc) is 2.73. The number of amides is 1. The molecule has 28 heavy (non-hydrogen) atoms. The smallest absolute Gasteiger partial charge is 0.237 e. The minimum atomic E-state index is 0.284. The van der Waals surface area contributed by atoms with Crippen LogP contribution in [-0.2, 0) is 4.79 Å². The summed E-state index contributed by atoms with van der Waals surface area (Å²) in [4.78, 5) is 17.8. The van der Waals surface area contributed by atoms with Gasteiger partial charge in [0.2, 0.25) is 5.91 Å². The van der Waals surface area contributed by atoms with Crippen LogP contribution in [0.15, 0.2) is 30.3 Å². The van der Waals surface area contributed by atoms with Gasteiger partial charge in [-0.1, -0.05) is 68.9 Å². The van der Waals surface area contributed by atoms with Gasteiger partial charge < -0.3 is 15.1 Å². The quantitative estimate of drug-likeness (QED) is 0.722. The Morgan fingerprint density at radius 2 is 1.46 bits per heavy atom. The van der Waals surface area contributed by atoms with E-state index < -0.39 is 0 Å². The SMILES string of the molecule is CN(C)[C@H](CNCC(=O)N(C1CCCCC1)C1CCCCC1)c1ccccc1. The van der Waals surface area contributed by atoms with E-state index in [1.165, 1.54) is 69.8 Å². The van der Waals surface area contributed by atoms with Gasteiger partial charge in [0, 0.05) is 24.7 Å². The van der Waals surface area contributed by atoms with E-state index in [4.69, 9.17) is 0 Å². The van der Waals surface area contributed by atoms with Crippen LogP contribution in [-0.4, -0.2) is 55.0 Å². The molecule has 0 radical (unpaired) electrons. The lowest BCUT2D eigenvalue weighted by molar-refractivity contribution is -0.137. The first-order chi connectivity index (χ1) is 13.7. The van der Waals surface area contributed by atoms with E-state index in [2.05, 4.69) is 59.5 Å². The van der Waals surface area contributed by atoms with Crippen molar-refractivity contribution < 1.29 is 4.79 Å². The maximum atomic E-state index is 13.3. The van der Waals surface area contributed by atoms with Crippen LogP contribution in [0.4, 0.5) is 0 Å². The molecule has 0 saturated heterocycles. The van der Waals surface area contributed by atoms with Crippen LogP contribution >= 0.6 is 0 Å². The molecular weight excluding hydrogens is 346 g/mol. The van der Waals surface area contributed by atoms with Gasteiger partial charge in [-0.05, 0) is 45.3 Å². The van der Waals surface area contributed by atoms with Gasteiger partial charge in [-0.3, -0.25) is 4.79 Å². The highest BCUT2D eigenvalue weighted by Gasteiger charge is 2.32. The number of carbonyl (C=O) groups is 1. The van der Waals surface area contributed by atoms with Crippen LogP contribution in [0.2, 0.25) is 0 Å². The van der Waals surface area contributed by atoms with Crippen molar-refractivity contribution in [1.29, 1.82) is 0 Å². The molecule has 0 spiro atoms. The summed E-state index contributed by atoms with van der Waals surface area (Å²) in [6.07, 6.45) is 12.6. The van der Waals surface area contributed by atoms with Crippen LogP contribution in [0, 0.1) is 0 Å². The summed E-state index contributed by atoms with van der Waals surface area (Å²) in [6.45, 7) is 1.26. The first-order valence-electron chi connectivity index (χ1n) is 11.4. The fourth-order valence-corrected chi connectivity index (χ4v) is 5.10. The third-order valence-electron chi connectivity index (χ3n) is 6.65. The standard InChI is InChI=1S/C24H39N3O/c1-26(2)23(20-12-6-3-7-13-20)18-25-19-24(28)27(21-14-8-4-9-15-21)22-16-10-5-11-17-22/h3,6-7,12-13,21-23,25H,4-5,8-11,14-19H2,1-2H3/t23-/m1/s1. The van der Waals surface area contributed by atoms with Crippen molar-refractivity contribution in [3.8, 4) is 0 Å². The van der Waals surface area contributed by atoms with Crippen molar-refractivity contribution in [2.75, 3.05) is 27.2 Å². The van der Waals surface area contributed by atoms with E-state index in [1.807, 2.05) is 0 Å². The molecule has 0 unspecified atom stereocenters. The van der Waals surface area contributed by atoms with Crippen LogP contribution < -0.4 is 5.32 Å². The number of rotatable bonds is 8. The number of carbonyl (C=O) groups excluding carboxylic acids is 1. The molecule has 3 rings (SSSR count). The van der Waals surface area contributed by atoms with Gasteiger partial charge in [-0.2, -0.15) is 0 Å². The highest BCUT2D eigenvalue weighted by molar-refractivity contribution is 5.79. The van der Waals surface area contributed by atoms with Gasteiger partial charge in [0.1, 0.15) is 0 Å². The molecule has 156 valence electrons. The molecule has 2 aliphatic carbocycles. The second kappa shape index (κ2) is 11.0. The number of benzene rings is 1. The van der Waals surface area contributed by atoms with Gasteiger partial charge in [0.25, 0.3) is 0 Å². The van der Waals surface area contributed by atoms with Crippen LogP contribution in [0.3, 0.4) is 0 Å². The summed E-state index contributed by atoms with van der Waals surface area (Å²) in [7, 11) is 4.22. The van der Waals surface area contributed by atoms with Gasteiger partial charge in [0.15, 0.2) is 0 Å². The fourth-order valence-electron chi connectivity index (χ4n) is 5.10. The van der Waals surface area contributed by atoms with Crippen LogP contribution in [0.1, 0.15) is 75.8 Å². The molecule has 2 fully saturated rings.